The molecule has 0 fully saturated rings. The van der Waals surface area contributed by atoms with Crippen LogP contribution in [0.25, 0.3) is 10.9 Å². The van der Waals surface area contributed by atoms with Crippen LogP contribution in [0.1, 0.15) is 20.7 Å². The lowest BCUT2D eigenvalue weighted by Gasteiger charge is -2.04. The third kappa shape index (κ3) is 2.90. The van der Waals surface area contributed by atoms with Crippen molar-refractivity contribution in [2.75, 3.05) is 6.61 Å². The minimum Gasteiger partial charge on any atom is -0.454 e. The number of hydrogen-bond acceptors (Lipinski definition) is 3. The number of hydrogen-bond donors (Lipinski definition) is 0. The van der Waals surface area contributed by atoms with Gasteiger partial charge in [-0.3, -0.25) is 4.79 Å². The van der Waals surface area contributed by atoms with Crippen molar-refractivity contribution in [3.05, 3.63) is 71.4 Å². The molecule has 1 heterocycles. The number of halogens is 2. The third-order valence-corrected chi connectivity index (χ3v) is 3.69. The molecule has 0 saturated heterocycles. The Labute approximate surface area is 136 Å². The van der Waals surface area contributed by atoms with Gasteiger partial charge in [-0.15, -0.1) is 0 Å². The van der Waals surface area contributed by atoms with E-state index in [4.69, 9.17) is 4.74 Å². The first-order chi connectivity index (χ1) is 11.5. The van der Waals surface area contributed by atoms with E-state index in [0.29, 0.717) is 10.9 Å². The molecular formula is C18H13F2NO3. The van der Waals surface area contributed by atoms with Crippen molar-refractivity contribution < 1.29 is 23.1 Å². The fourth-order valence-electron chi connectivity index (χ4n) is 2.47. The Bertz CT molecular complexity index is 947. The largest absolute Gasteiger partial charge is 0.454 e. The van der Waals surface area contributed by atoms with E-state index in [1.54, 1.807) is 29.9 Å². The Balaban J connectivity index is 1.75. The van der Waals surface area contributed by atoms with Crippen molar-refractivity contribution >= 4 is 22.7 Å². The summed E-state index contributed by atoms with van der Waals surface area (Å²) in [4.78, 5) is 24.1. The zero-order valence-corrected chi connectivity index (χ0v) is 12.8. The summed E-state index contributed by atoms with van der Waals surface area (Å²) in [7, 11) is 1.80. The van der Waals surface area contributed by atoms with Gasteiger partial charge in [0.2, 0.25) is 0 Å². The zero-order chi connectivity index (χ0) is 17.3. The molecule has 0 aliphatic heterocycles. The number of Topliss-reactive ketones (excluding diaryl/α,β-unsaturated/α-hetero) is 1. The van der Waals surface area contributed by atoms with Gasteiger partial charge in [-0.2, -0.15) is 0 Å². The molecule has 24 heavy (non-hydrogen) atoms. The first-order valence-corrected chi connectivity index (χ1v) is 7.17. The second kappa shape index (κ2) is 6.23. The first kappa shape index (κ1) is 15.9. The van der Waals surface area contributed by atoms with Crippen LogP contribution in [0.5, 0.6) is 0 Å². The van der Waals surface area contributed by atoms with Crippen LogP contribution in [0.3, 0.4) is 0 Å². The summed E-state index contributed by atoms with van der Waals surface area (Å²) in [6.45, 7) is -0.548. The minimum absolute atomic E-state index is 0.0559. The molecule has 1 aromatic heterocycles. The lowest BCUT2D eigenvalue weighted by atomic mass is 10.1. The lowest BCUT2D eigenvalue weighted by Crippen LogP contribution is -2.14. The van der Waals surface area contributed by atoms with Crippen LogP contribution in [0, 0.1) is 11.6 Å². The van der Waals surface area contributed by atoms with Crippen LogP contribution in [-0.4, -0.2) is 22.9 Å². The molecular weight excluding hydrogens is 316 g/mol. The average Bonchev–Trinajstić information content (AvgIpc) is 2.92. The van der Waals surface area contributed by atoms with Gasteiger partial charge in [0.05, 0.1) is 5.56 Å². The number of carbonyl (C=O) groups is 2. The molecule has 3 rings (SSSR count). The molecule has 0 saturated carbocycles. The Morgan fingerprint density at radius 2 is 1.83 bits per heavy atom. The zero-order valence-electron chi connectivity index (χ0n) is 12.8. The number of fused-ring (bicyclic) bond motifs is 1. The Kier molecular flexibility index (Phi) is 4.12. The summed E-state index contributed by atoms with van der Waals surface area (Å²) < 4.78 is 32.8. The summed E-state index contributed by atoms with van der Waals surface area (Å²) in [6.07, 6.45) is 1.62. The number of ether oxygens (including phenoxy) is 1. The van der Waals surface area contributed by atoms with Crippen LogP contribution in [0.15, 0.2) is 48.7 Å². The highest BCUT2D eigenvalue weighted by Gasteiger charge is 2.17. The SMILES string of the molecule is Cn1cc(C(=O)OCC(=O)c2ccc(F)c(F)c2)c2ccccc21. The molecule has 0 amide bonds. The van der Waals surface area contributed by atoms with Crippen molar-refractivity contribution in [1.82, 2.24) is 4.57 Å². The molecule has 6 heteroatoms. The normalized spacial score (nSPS) is 10.8. The van der Waals surface area contributed by atoms with Gasteiger partial charge in [0.15, 0.2) is 24.0 Å². The highest BCUT2D eigenvalue weighted by atomic mass is 19.2. The van der Waals surface area contributed by atoms with E-state index in [1.165, 1.54) is 0 Å². The minimum atomic E-state index is -1.12. The van der Waals surface area contributed by atoms with Crippen LogP contribution >= 0.6 is 0 Å². The Morgan fingerprint density at radius 1 is 1.08 bits per heavy atom. The maximum atomic E-state index is 13.1. The van der Waals surface area contributed by atoms with Crippen LogP contribution in [-0.2, 0) is 11.8 Å². The van der Waals surface area contributed by atoms with E-state index in [1.807, 2.05) is 12.1 Å². The predicted molar refractivity (Wildman–Crippen MR) is 83.9 cm³/mol. The number of para-hydroxylation sites is 1. The van der Waals surface area contributed by atoms with Crippen molar-refractivity contribution in [3.63, 3.8) is 0 Å². The van der Waals surface area contributed by atoms with Crippen molar-refractivity contribution in [2.24, 2.45) is 7.05 Å². The molecule has 0 radical (unpaired) electrons. The molecule has 4 nitrogen and oxygen atoms in total. The average molecular weight is 329 g/mol. The van der Waals surface area contributed by atoms with E-state index in [0.717, 1.165) is 23.7 Å². The number of esters is 1. The van der Waals surface area contributed by atoms with Crippen LogP contribution in [0.4, 0.5) is 8.78 Å². The molecule has 0 N–H and O–H groups in total. The molecule has 0 aliphatic rings. The highest BCUT2D eigenvalue weighted by molar-refractivity contribution is 6.05. The molecule has 0 aliphatic carbocycles. The van der Waals surface area contributed by atoms with E-state index >= 15 is 0 Å². The van der Waals surface area contributed by atoms with E-state index in [9.17, 15) is 18.4 Å². The maximum Gasteiger partial charge on any atom is 0.340 e. The van der Waals surface area contributed by atoms with Crippen molar-refractivity contribution in [2.45, 2.75) is 0 Å². The molecule has 0 spiro atoms. The number of benzene rings is 2. The van der Waals surface area contributed by atoms with E-state index in [2.05, 4.69) is 0 Å². The number of aryl methyl sites for hydroxylation is 1. The maximum absolute atomic E-state index is 13.1. The van der Waals surface area contributed by atoms with Crippen LogP contribution in [0.2, 0.25) is 0 Å². The molecule has 0 bridgehead atoms. The van der Waals surface area contributed by atoms with Crippen molar-refractivity contribution in [1.29, 1.82) is 0 Å². The summed E-state index contributed by atoms with van der Waals surface area (Å²) in [5.74, 6) is -3.43. The second-order valence-corrected chi connectivity index (χ2v) is 5.30. The lowest BCUT2D eigenvalue weighted by molar-refractivity contribution is 0.0476. The smallest absolute Gasteiger partial charge is 0.340 e. The van der Waals surface area contributed by atoms with Gasteiger partial charge in [0, 0.05) is 29.7 Å². The fraction of sp³-hybridized carbons (Fsp3) is 0.111. The Morgan fingerprint density at radius 3 is 2.58 bits per heavy atom. The molecule has 0 unspecified atom stereocenters. The Hall–Kier alpha value is -3.02. The fourth-order valence-corrected chi connectivity index (χ4v) is 2.47. The monoisotopic (exact) mass is 329 g/mol. The van der Waals surface area contributed by atoms with Crippen LogP contribution < -0.4 is 0 Å². The molecule has 122 valence electrons. The third-order valence-electron chi connectivity index (χ3n) is 3.69. The summed E-state index contributed by atoms with van der Waals surface area (Å²) in [5, 5.41) is 0.713. The van der Waals surface area contributed by atoms with Gasteiger partial charge >= 0.3 is 5.97 Å². The van der Waals surface area contributed by atoms with Gasteiger partial charge in [0.1, 0.15) is 0 Å². The van der Waals surface area contributed by atoms with Gasteiger partial charge in [-0.05, 0) is 24.3 Å². The second-order valence-electron chi connectivity index (χ2n) is 5.30. The van der Waals surface area contributed by atoms with Crippen molar-refractivity contribution in [3.8, 4) is 0 Å². The number of nitrogens with zero attached hydrogens (tertiary/aromatic N) is 1. The topological polar surface area (TPSA) is 48.3 Å². The van der Waals surface area contributed by atoms with E-state index in [-0.39, 0.29) is 5.56 Å². The summed E-state index contributed by atoms with van der Waals surface area (Å²) in [5.41, 5.74) is 1.14. The molecule has 2 aromatic carbocycles. The number of carbonyl (C=O) groups excluding carboxylic acids is 2. The summed E-state index contributed by atoms with van der Waals surface area (Å²) in [6, 6.07) is 10.1. The van der Waals surface area contributed by atoms with Gasteiger partial charge in [0.25, 0.3) is 0 Å². The molecule has 3 aromatic rings. The number of rotatable bonds is 4. The highest BCUT2D eigenvalue weighted by Crippen LogP contribution is 2.21. The number of aromatic nitrogens is 1. The number of ketones is 1. The van der Waals surface area contributed by atoms with Gasteiger partial charge in [-0.1, -0.05) is 18.2 Å². The van der Waals surface area contributed by atoms with Gasteiger partial charge < -0.3 is 9.30 Å². The predicted octanol–water partition coefficient (Wildman–Crippen LogP) is 3.50. The quantitative estimate of drug-likeness (QED) is 0.544. The van der Waals surface area contributed by atoms with Gasteiger partial charge in [-0.25, -0.2) is 13.6 Å². The van der Waals surface area contributed by atoms with E-state index < -0.39 is 30.0 Å². The molecule has 0 atom stereocenters. The summed E-state index contributed by atoms with van der Waals surface area (Å²) >= 11 is 0. The standard InChI is InChI=1S/C18H13F2NO3/c1-21-9-13(12-4-2-3-5-16(12)21)18(23)24-10-17(22)11-6-7-14(19)15(20)8-11/h2-9H,10H2,1H3. The first-order valence-electron chi connectivity index (χ1n) is 7.17.